The highest BCUT2D eigenvalue weighted by Crippen LogP contribution is 2.17. The molecule has 1 aromatic heterocycles. The lowest BCUT2D eigenvalue weighted by molar-refractivity contribution is 0.109. The molecule has 0 fully saturated rings. The van der Waals surface area contributed by atoms with Crippen LogP contribution < -0.4 is 5.73 Å². The first-order chi connectivity index (χ1) is 7.88. The van der Waals surface area contributed by atoms with Crippen molar-refractivity contribution in [1.29, 1.82) is 0 Å². The Hall–Kier alpha value is -1.16. The van der Waals surface area contributed by atoms with E-state index in [9.17, 15) is 0 Å². The lowest BCUT2D eigenvalue weighted by Gasteiger charge is -2.02. The molecule has 2 nitrogen and oxygen atoms in total. The lowest BCUT2D eigenvalue weighted by Crippen LogP contribution is -1.92. The first kappa shape index (κ1) is 11.3. The van der Waals surface area contributed by atoms with Gasteiger partial charge < -0.3 is 10.5 Å². The molecule has 2 N–H and O–H groups in total. The van der Waals surface area contributed by atoms with Gasteiger partial charge in [0.25, 0.3) is 0 Å². The maximum absolute atomic E-state index is 5.63. The molecule has 0 aliphatic heterocycles. The minimum Gasteiger partial charge on any atom is -0.371 e. The largest absolute Gasteiger partial charge is 0.371 e. The van der Waals surface area contributed by atoms with Gasteiger partial charge in [-0.05, 0) is 17.7 Å². The topological polar surface area (TPSA) is 35.2 Å². The van der Waals surface area contributed by atoms with Crippen LogP contribution in [0.15, 0.2) is 42.5 Å². The fraction of sp³-hybridized carbons (Fsp3) is 0.231. The van der Waals surface area contributed by atoms with Crippen molar-refractivity contribution in [3.8, 4) is 0 Å². The molecule has 0 unspecified atom stereocenters. The van der Waals surface area contributed by atoms with E-state index < -0.39 is 0 Å². The molecule has 0 aliphatic rings. The Morgan fingerprint density at radius 2 is 1.69 bits per heavy atom. The SMILES string of the molecule is NCc1ccc(COCc2ccccc2)s1. The summed E-state index contributed by atoms with van der Waals surface area (Å²) in [5.74, 6) is 0. The van der Waals surface area contributed by atoms with Crippen molar-refractivity contribution in [3.05, 3.63) is 57.8 Å². The van der Waals surface area contributed by atoms with E-state index >= 15 is 0 Å². The Kier molecular flexibility index (Phi) is 4.10. The highest BCUT2D eigenvalue weighted by atomic mass is 32.1. The van der Waals surface area contributed by atoms with Crippen molar-refractivity contribution in [3.63, 3.8) is 0 Å². The molecule has 1 heterocycles. The van der Waals surface area contributed by atoms with Crippen LogP contribution in [-0.4, -0.2) is 0 Å². The molecule has 3 heteroatoms. The molecule has 0 amide bonds. The van der Waals surface area contributed by atoms with Gasteiger partial charge in [0.2, 0.25) is 0 Å². The van der Waals surface area contributed by atoms with E-state index in [0.717, 1.165) is 0 Å². The van der Waals surface area contributed by atoms with Gasteiger partial charge >= 0.3 is 0 Å². The van der Waals surface area contributed by atoms with Gasteiger partial charge in [-0.25, -0.2) is 0 Å². The summed E-state index contributed by atoms with van der Waals surface area (Å²) in [5.41, 5.74) is 6.76. The Morgan fingerprint density at radius 3 is 2.38 bits per heavy atom. The van der Waals surface area contributed by atoms with E-state index in [1.54, 1.807) is 11.3 Å². The summed E-state index contributed by atoms with van der Waals surface area (Å²) < 4.78 is 5.63. The van der Waals surface area contributed by atoms with Crippen LogP contribution in [-0.2, 0) is 24.5 Å². The van der Waals surface area contributed by atoms with Gasteiger partial charge in [0.1, 0.15) is 0 Å². The van der Waals surface area contributed by atoms with Gasteiger partial charge in [-0.1, -0.05) is 30.3 Å². The summed E-state index contributed by atoms with van der Waals surface area (Å²) in [4.78, 5) is 2.44. The predicted molar refractivity (Wildman–Crippen MR) is 67.1 cm³/mol. The molecule has 0 bridgehead atoms. The van der Waals surface area contributed by atoms with Crippen molar-refractivity contribution < 1.29 is 4.74 Å². The monoisotopic (exact) mass is 233 g/mol. The fourth-order valence-electron chi connectivity index (χ4n) is 1.45. The second kappa shape index (κ2) is 5.80. The molecule has 0 saturated heterocycles. The Balaban J connectivity index is 1.80. The number of hydrogen-bond donors (Lipinski definition) is 1. The normalized spacial score (nSPS) is 10.6. The first-order valence-corrected chi connectivity index (χ1v) is 6.09. The number of rotatable bonds is 5. The quantitative estimate of drug-likeness (QED) is 0.861. The standard InChI is InChI=1S/C13H15NOS/c14-8-12-6-7-13(16-12)10-15-9-11-4-2-1-3-5-11/h1-7H,8-10,14H2. The van der Waals surface area contributed by atoms with E-state index in [-0.39, 0.29) is 0 Å². The second-order valence-electron chi connectivity index (χ2n) is 3.55. The third-order valence-corrected chi connectivity index (χ3v) is 3.36. The summed E-state index contributed by atoms with van der Waals surface area (Å²) in [6.45, 7) is 1.94. The molecule has 16 heavy (non-hydrogen) atoms. The van der Waals surface area contributed by atoms with E-state index in [1.807, 2.05) is 18.2 Å². The molecule has 0 aliphatic carbocycles. The smallest absolute Gasteiger partial charge is 0.0814 e. The van der Waals surface area contributed by atoms with Crippen molar-refractivity contribution in [2.45, 2.75) is 19.8 Å². The number of thiophene rings is 1. The van der Waals surface area contributed by atoms with Gasteiger partial charge in [0.15, 0.2) is 0 Å². The molecule has 0 saturated carbocycles. The van der Waals surface area contributed by atoms with Gasteiger partial charge in [-0.15, -0.1) is 11.3 Å². The van der Waals surface area contributed by atoms with E-state index in [0.29, 0.717) is 19.8 Å². The zero-order valence-corrected chi connectivity index (χ0v) is 9.87. The van der Waals surface area contributed by atoms with Crippen molar-refractivity contribution in [2.75, 3.05) is 0 Å². The van der Waals surface area contributed by atoms with Gasteiger partial charge in [0.05, 0.1) is 13.2 Å². The molecule has 1 aromatic carbocycles. The zero-order valence-electron chi connectivity index (χ0n) is 9.06. The van der Waals surface area contributed by atoms with Crippen LogP contribution in [0, 0.1) is 0 Å². The summed E-state index contributed by atoms with van der Waals surface area (Å²) in [5, 5.41) is 0. The second-order valence-corrected chi connectivity index (χ2v) is 4.80. The van der Waals surface area contributed by atoms with Crippen LogP contribution in [0.3, 0.4) is 0 Å². The van der Waals surface area contributed by atoms with E-state index in [1.165, 1.54) is 15.3 Å². The third-order valence-electron chi connectivity index (χ3n) is 2.27. The molecule has 0 radical (unpaired) electrons. The number of hydrogen-bond acceptors (Lipinski definition) is 3. The van der Waals surface area contributed by atoms with Crippen LogP contribution in [0.25, 0.3) is 0 Å². The Morgan fingerprint density at radius 1 is 0.938 bits per heavy atom. The van der Waals surface area contributed by atoms with Crippen LogP contribution in [0.5, 0.6) is 0 Å². The number of nitrogens with two attached hydrogens (primary N) is 1. The van der Waals surface area contributed by atoms with Crippen LogP contribution >= 0.6 is 11.3 Å². The van der Waals surface area contributed by atoms with Gasteiger partial charge in [0, 0.05) is 16.3 Å². The zero-order chi connectivity index (χ0) is 11.2. The first-order valence-electron chi connectivity index (χ1n) is 5.28. The molecule has 2 aromatic rings. The number of ether oxygens (including phenoxy) is 1. The van der Waals surface area contributed by atoms with Crippen molar-refractivity contribution in [1.82, 2.24) is 0 Å². The van der Waals surface area contributed by atoms with Crippen LogP contribution in [0.1, 0.15) is 15.3 Å². The molecule has 2 rings (SSSR count). The molecular weight excluding hydrogens is 218 g/mol. The molecule has 0 atom stereocenters. The van der Waals surface area contributed by atoms with Crippen LogP contribution in [0.4, 0.5) is 0 Å². The van der Waals surface area contributed by atoms with Gasteiger partial charge in [-0.2, -0.15) is 0 Å². The molecular formula is C13H15NOS. The highest BCUT2D eigenvalue weighted by Gasteiger charge is 1.99. The Bertz CT molecular complexity index is 425. The number of benzene rings is 1. The maximum Gasteiger partial charge on any atom is 0.0814 e. The third kappa shape index (κ3) is 3.17. The lowest BCUT2D eigenvalue weighted by atomic mass is 10.2. The minimum atomic E-state index is 0.614. The van der Waals surface area contributed by atoms with Crippen molar-refractivity contribution in [2.24, 2.45) is 5.73 Å². The van der Waals surface area contributed by atoms with Crippen LogP contribution in [0.2, 0.25) is 0 Å². The van der Waals surface area contributed by atoms with Crippen molar-refractivity contribution >= 4 is 11.3 Å². The average Bonchev–Trinajstić information content (AvgIpc) is 2.78. The summed E-state index contributed by atoms with van der Waals surface area (Å²) in [7, 11) is 0. The highest BCUT2D eigenvalue weighted by molar-refractivity contribution is 7.11. The molecule has 84 valence electrons. The summed E-state index contributed by atoms with van der Waals surface area (Å²) >= 11 is 1.72. The summed E-state index contributed by atoms with van der Waals surface area (Å²) in [6, 6.07) is 14.3. The van der Waals surface area contributed by atoms with E-state index in [4.69, 9.17) is 10.5 Å². The average molecular weight is 233 g/mol. The maximum atomic E-state index is 5.63. The Labute approximate surface area is 99.7 Å². The summed E-state index contributed by atoms with van der Waals surface area (Å²) in [6.07, 6.45) is 0. The molecule has 0 spiro atoms. The predicted octanol–water partition coefficient (Wildman–Crippen LogP) is 2.92. The minimum absolute atomic E-state index is 0.614. The van der Waals surface area contributed by atoms with Gasteiger partial charge in [-0.3, -0.25) is 0 Å². The van der Waals surface area contributed by atoms with E-state index in [2.05, 4.69) is 24.3 Å². The fourth-order valence-corrected chi connectivity index (χ4v) is 2.29.